The Morgan fingerprint density at radius 1 is 1.41 bits per heavy atom. The Bertz CT molecular complexity index is 261. The summed E-state index contributed by atoms with van der Waals surface area (Å²) in [5, 5.41) is 6.35. The molecule has 0 aromatic heterocycles. The number of hydrogen-bond donors (Lipinski definition) is 2. The highest BCUT2D eigenvalue weighted by molar-refractivity contribution is 5.85. The molecule has 2 aliphatic heterocycles. The van der Waals surface area contributed by atoms with Gasteiger partial charge in [-0.2, -0.15) is 0 Å². The van der Waals surface area contributed by atoms with E-state index in [2.05, 4.69) is 10.6 Å². The summed E-state index contributed by atoms with van der Waals surface area (Å²) in [5.41, 5.74) is 0. The highest BCUT2D eigenvalue weighted by Crippen LogP contribution is 2.31. The van der Waals surface area contributed by atoms with E-state index in [-0.39, 0.29) is 24.4 Å². The Kier molecular flexibility index (Phi) is 5.70. The minimum Gasteiger partial charge on any atom is -0.381 e. The summed E-state index contributed by atoms with van der Waals surface area (Å²) >= 11 is 0. The molecule has 2 N–H and O–H groups in total. The van der Waals surface area contributed by atoms with Crippen molar-refractivity contribution in [2.75, 3.05) is 26.3 Å². The number of carbonyl (C=O) groups excluding carboxylic acids is 1. The molecule has 0 bridgehead atoms. The molecular weight excluding hydrogens is 240 g/mol. The molecule has 2 heterocycles. The predicted molar refractivity (Wildman–Crippen MR) is 69.3 cm³/mol. The Morgan fingerprint density at radius 3 is 2.88 bits per heavy atom. The molecule has 100 valence electrons. The number of fused-ring (bicyclic) bond motifs is 1. The van der Waals surface area contributed by atoms with E-state index in [0.29, 0.717) is 24.2 Å². The van der Waals surface area contributed by atoms with Gasteiger partial charge in [0.2, 0.25) is 5.91 Å². The zero-order chi connectivity index (χ0) is 11.5. The number of halogens is 1. The van der Waals surface area contributed by atoms with Crippen LogP contribution in [-0.4, -0.2) is 38.3 Å². The number of rotatable bonds is 3. The zero-order valence-electron chi connectivity index (χ0n) is 10.6. The topological polar surface area (TPSA) is 50.4 Å². The SMILES string of the molecule is CC(C)NC(=O)C[C@@H]1COC[C@H]2CNC[C@H]21.Cl. The van der Waals surface area contributed by atoms with Crippen LogP contribution >= 0.6 is 12.4 Å². The number of carbonyl (C=O) groups is 1. The van der Waals surface area contributed by atoms with Crippen LogP contribution in [0.2, 0.25) is 0 Å². The fraction of sp³-hybridized carbons (Fsp3) is 0.917. The number of hydrogen-bond acceptors (Lipinski definition) is 3. The monoisotopic (exact) mass is 262 g/mol. The van der Waals surface area contributed by atoms with Gasteiger partial charge in [0, 0.05) is 19.0 Å². The standard InChI is InChI=1S/C12H22N2O2.ClH/c1-8(2)14-12(15)3-9-6-16-7-10-4-13-5-11(9)10;/h8-11,13H,3-7H2,1-2H3,(H,14,15);1H/t9-,10-,11+;/m1./s1. The first-order chi connectivity index (χ1) is 7.66. The fourth-order valence-electron chi connectivity index (χ4n) is 2.81. The van der Waals surface area contributed by atoms with Crippen molar-refractivity contribution in [2.45, 2.75) is 26.3 Å². The molecule has 2 fully saturated rings. The maximum atomic E-state index is 11.7. The number of nitrogens with one attached hydrogen (secondary N) is 2. The molecule has 3 atom stereocenters. The van der Waals surface area contributed by atoms with Crippen LogP contribution in [0.15, 0.2) is 0 Å². The lowest BCUT2D eigenvalue weighted by Gasteiger charge is -2.32. The summed E-state index contributed by atoms with van der Waals surface area (Å²) in [4.78, 5) is 11.7. The van der Waals surface area contributed by atoms with Crippen molar-refractivity contribution in [1.82, 2.24) is 10.6 Å². The summed E-state index contributed by atoms with van der Waals surface area (Å²) in [6, 6.07) is 0.231. The van der Waals surface area contributed by atoms with Crippen molar-refractivity contribution in [1.29, 1.82) is 0 Å². The van der Waals surface area contributed by atoms with Crippen molar-refractivity contribution in [3.05, 3.63) is 0 Å². The van der Waals surface area contributed by atoms with Crippen LogP contribution in [-0.2, 0) is 9.53 Å². The highest BCUT2D eigenvalue weighted by atomic mass is 35.5. The smallest absolute Gasteiger partial charge is 0.220 e. The van der Waals surface area contributed by atoms with Gasteiger partial charge in [-0.05, 0) is 38.1 Å². The van der Waals surface area contributed by atoms with Gasteiger partial charge in [0.1, 0.15) is 0 Å². The van der Waals surface area contributed by atoms with Crippen LogP contribution in [0, 0.1) is 17.8 Å². The van der Waals surface area contributed by atoms with E-state index in [0.717, 1.165) is 26.3 Å². The molecule has 2 saturated heterocycles. The second-order valence-corrected chi connectivity index (χ2v) is 5.31. The Balaban J connectivity index is 0.00000144. The maximum Gasteiger partial charge on any atom is 0.220 e. The van der Waals surface area contributed by atoms with Gasteiger partial charge in [-0.15, -0.1) is 12.4 Å². The molecular formula is C12H23ClN2O2. The van der Waals surface area contributed by atoms with Gasteiger partial charge in [0.05, 0.1) is 13.2 Å². The molecule has 5 heteroatoms. The van der Waals surface area contributed by atoms with E-state index in [1.165, 1.54) is 0 Å². The molecule has 4 nitrogen and oxygen atoms in total. The van der Waals surface area contributed by atoms with Gasteiger partial charge in [-0.3, -0.25) is 4.79 Å². The Labute approximate surface area is 109 Å². The van der Waals surface area contributed by atoms with E-state index in [9.17, 15) is 4.79 Å². The average Bonchev–Trinajstić information content (AvgIpc) is 2.65. The van der Waals surface area contributed by atoms with E-state index in [4.69, 9.17) is 4.74 Å². The molecule has 0 aromatic carbocycles. The third-order valence-electron chi connectivity index (χ3n) is 3.56. The van der Waals surface area contributed by atoms with Gasteiger partial charge < -0.3 is 15.4 Å². The summed E-state index contributed by atoms with van der Waals surface area (Å²) in [5.74, 6) is 1.81. The molecule has 0 spiro atoms. The van der Waals surface area contributed by atoms with Crippen LogP contribution < -0.4 is 10.6 Å². The van der Waals surface area contributed by atoms with Crippen molar-refractivity contribution in [3.63, 3.8) is 0 Å². The van der Waals surface area contributed by atoms with Crippen LogP contribution in [0.1, 0.15) is 20.3 Å². The number of ether oxygens (including phenoxy) is 1. The highest BCUT2D eigenvalue weighted by Gasteiger charge is 2.38. The summed E-state index contributed by atoms with van der Waals surface area (Å²) in [6.45, 7) is 7.69. The quantitative estimate of drug-likeness (QED) is 0.791. The molecule has 17 heavy (non-hydrogen) atoms. The van der Waals surface area contributed by atoms with E-state index in [1.807, 2.05) is 13.8 Å². The normalized spacial score (nSPS) is 31.8. The minimum atomic E-state index is 0. The Hall–Kier alpha value is -0.320. The van der Waals surface area contributed by atoms with Gasteiger partial charge in [0.15, 0.2) is 0 Å². The van der Waals surface area contributed by atoms with Crippen molar-refractivity contribution < 1.29 is 9.53 Å². The lowest BCUT2D eigenvalue weighted by molar-refractivity contribution is -0.125. The second kappa shape index (κ2) is 6.57. The molecule has 2 aliphatic rings. The third kappa shape index (κ3) is 3.83. The first-order valence-corrected chi connectivity index (χ1v) is 6.24. The molecule has 0 aliphatic carbocycles. The molecule has 0 unspecified atom stereocenters. The van der Waals surface area contributed by atoms with E-state index < -0.39 is 0 Å². The van der Waals surface area contributed by atoms with Gasteiger partial charge in [-0.1, -0.05) is 0 Å². The van der Waals surface area contributed by atoms with Crippen LogP contribution in [0.4, 0.5) is 0 Å². The van der Waals surface area contributed by atoms with Crippen LogP contribution in [0.25, 0.3) is 0 Å². The van der Waals surface area contributed by atoms with E-state index in [1.54, 1.807) is 0 Å². The summed E-state index contributed by atoms with van der Waals surface area (Å²) in [6.07, 6.45) is 0.612. The lowest BCUT2D eigenvalue weighted by atomic mass is 9.81. The first kappa shape index (κ1) is 14.7. The van der Waals surface area contributed by atoms with Gasteiger partial charge in [-0.25, -0.2) is 0 Å². The molecule has 1 amide bonds. The molecule has 0 radical (unpaired) electrons. The predicted octanol–water partition coefficient (Wildman–Crippen LogP) is 0.805. The third-order valence-corrected chi connectivity index (χ3v) is 3.56. The van der Waals surface area contributed by atoms with Crippen LogP contribution in [0.5, 0.6) is 0 Å². The maximum absolute atomic E-state index is 11.7. The van der Waals surface area contributed by atoms with E-state index >= 15 is 0 Å². The summed E-state index contributed by atoms with van der Waals surface area (Å²) < 4.78 is 5.58. The molecule has 0 aromatic rings. The van der Waals surface area contributed by atoms with Crippen LogP contribution in [0.3, 0.4) is 0 Å². The van der Waals surface area contributed by atoms with Crippen molar-refractivity contribution in [2.24, 2.45) is 17.8 Å². The lowest BCUT2D eigenvalue weighted by Crippen LogP contribution is -2.39. The van der Waals surface area contributed by atoms with Crippen molar-refractivity contribution >= 4 is 18.3 Å². The molecule has 0 saturated carbocycles. The minimum absolute atomic E-state index is 0. The second-order valence-electron chi connectivity index (χ2n) is 5.31. The van der Waals surface area contributed by atoms with Crippen molar-refractivity contribution in [3.8, 4) is 0 Å². The number of amides is 1. The summed E-state index contributed by atoms with van der Waals surface area (Å²) in [7, 11) is 0. The molecule has 2 rings (SSSR count). The Morgan fingerprint density at radius 2 is 2.18 bits per heavy atom. The van der Waals surface area contributed by atoms with Gasteiger partial charge in [0.25, 0.3) is 0 Å². The first-order valence-electron chi connectivity index (χ1n) is 6.24. The fourth-order valence-corrected chi connectivity index (χ4v) is 2.81. The zero-order valence-corrected chi connectivity index (χ0v) is 11.4. The van der Waals surface area contributed by atoms with Gasteiger partial charge >= 0.3 is 0 Å². The largest absolute Gasteiger partial charge is 0.381 e. The average molecular weight is 263 g/mol.